The minimum atomic E-state index is 0.00764. The van der Waals surface area contributed by atoms with E-state index in [0.29, 0.717) is 0 Å². The maximum atomic E-state index is 12.1. The van der Waals surface area contributed by atoms with Gasteiger partial charge in [-0.15, -0.1) is 0 Å². The third-order valence-corrected chi connectivity index (χ3v) is 6.47. The summed E-state index contributed by atoms with van der Waals surface area (Å²) in [7, 11) is 1.68. The van der Waals surface area contributed by atoms with Crippen molar-refractivity contribution in [3.63, 3.8) is 0 Å². The Kier molecular flexibility index (Phi) is 5.88. The highest BCUT2D eigenvalue weighted by Crippen LogP contribution is 2.33. The Morgan fingerprint density at radius 1 is 0.848 bits per heavy atom. The highest BCUT2D eigenvalue weighted by atomic mass is 16.5. The number of benzene rings is 2. The summed E-state index contributed by atoms with van der Waals surface area (Å²) >= 11 is 0. The molecule has 0 saturated carbocycles. The van der Waals surface area contributed by atoms with Gasteiger partial charge < -0.3 is 14.0 Å². The minimum Gasteiger partial charge on any atom is -0.497 e. The van der Waals surface area contributed by atoms with Crippen LogP contribution < -0.4 is 15.1 Å². The smallest absolute Gasteiger partial charge is 0.180 e. The lowest BCUT2D eigenvalue weighted by atomic mass is 10.1. The Morgan fingerprint density at radius 2 is 1.58 bits per heavy atom. The van der Waals surface area contributed by atoms with E-state index in [1.807, 2.05) is 24.4 Å². The molecular weight excluding hydrogens is 410 g/mol. The van der Waals surface area contributed by atoms with E-state index >= 15 is 0 Å². The summed E-state index contributed by atoms with van der Waals surface area (Å²) in [4.78, 5) is 17.0. The first-order valence-corrected chi connectivity index (χ1v) is 11.4. The minimum absolute atomic E-state index is 0.00764. The van der Waals surface area contributed by atoms with Crippen LogP contribution in [0.5, 0.6) is 5.75 Å². The maximum absolute atomic E-state index is 12.1. The van der Waals surface area contributed by atoms with Crippen molar-refractivity contribution in [2.24, 2.45) is 0 Å². The van der Waals surface area contributed by atoms with Crippen molar-refractivity contribution in [2.75, 3.05) is 38.2 Å². The van der Waals surface area contributed by atoms with Crippen LogP contribution in [-0.2, 0) is 6.54 Å². The standard InChI is InChI=1S/C28H29N3O2/c1-21-3-5-22(6-4-21)20-29-15-17-30(18-16-29)28-19-26(23-7-10-25(33-2)11-8-23)27-12-9-24(32)13-14-31(27)28/h3-14,19H,15-18,20H2,1-2H3. The van der Waals surface area contributed by atoms with Crippen LogP contribution in [0.4, 0.5) is 5.82 Å². The summed E-state index contributed by atoms with van der Waals surface area (Å²) in [6.45, 7) is 7.01. The molecule has 2 aromatic carbocycles. The van der Waals surface area contributed by atoms with Gasteiger partial charge in [-0.1, -0.05) is 42.0 Å². The van der Waals surface area contributed by atoms with Gasteiger partial charge in [-0.05, 0) is 48.4 Å². The second-order valence-corrected chi connectivity index (χ2v) is 8.70. The highest BCUT2D eigenvalue weighted by Gasteiger charge is 2.21. The SMILES string of the molecule is COc1ccc(-c2cc(N3CCN(Cc4ccc(C)cc4)CC3)n3ccc(=O)ccc23)cc1. The number of piperazine rings is 1. The first kappa shape index (κ1) is 21.3. The first-order valence-electron chi connectivity index (χ1n) is 11.4. The predicted octanol–water partition coefficient (Wildman–Crippen LogP) is 4.61. The number of anilines is 1. The van der Waals surface area contributed by atoms with E-state index in [4.69, 9.17) is 4.74 Å². The number of rotatable bonds is 5. The molecule has 0 aliphatic carbocycles. The van der Waals surface area contributed by atoms with E-state index < -0.39 is 0 Å². The number of methoxy groups -OCH3 is 1. The average molecular weight is 440 g/mol. The Morgan fingerprint density at radius 3 is 2.27 bits per heavy atom. The fraction of sp³-hybridized carbons (Fsp3) is 0.250. The van der Waals surface area contributed by atoms with Gasteiger partial charge in [0.25, 0.3) is 0 Å². The molecule has 0 unspecified atom stereocenters. The normalized spacial score (nSPS) is 14.5. The summed E-state index contributed by atoms with van der Waals surface area (Å²) in [5.41, 5.74) is 5.92. The Hall–Kier alpha value is -3.57. The molecule has 2 aromatic heterocycles. The van der Waals surface area contributed by atoms with Crippen LogP contribution in [0, 0.1) is 6.92 Å². The molecule has 1 saturated heterocycles. The number of aromatic nitrogens is 1. The predicted molar refractivity (Wildman–Crippen MR) is 134 cm³/mol. The molecule has 5 nitrogen and oxygen atoms in total. The molecule has 33 heavy (non-hydrogen) atoms. The quantitative estimate of drug-likeness (QED) is 0.455. The molecule has 1 aliphatic rings. The van der Waals surface area contributed by atoms with Gasteiger partial charge in [0.2, 0.25) is 0 Å². The fourth-order valence-corrected chi connectivity index (χ4v) is 4.55. The number of ether oxygens (including phenoxy) is 1. The van der Waals surface area contributed by atoms with E-state index in [2.05, 4.69) is 63.6 Å². The van der Waals surface area contributed by atoms with Crippen molar-refractivity contribution in [1.82, 2.24) is 9.30 Å². The number of hydrogen-bond donors (Lipinski definition) is 0. The van der Waals surface area contributed by atoms with E-state index in [1.54, 1.807) is 19.2 Å². The van der Waals surface area contributed by atoms with Crippen LogP contribution in [0.1, 0.15) is 11.1 Å². The zero-order valence-electron chi connectivity index (χ0n) is 19.2. The lowest BCUT2D eigenvalue weighted by Crippen LogP contribution is -2.46. The Labute approximate surface area is 194 Å². The molecule has 0 amide bonds. The van der Waals surface area contributed by atoms with Crippen molar-refractivity contribution in [1.29, 1.82) is 0 Å². The largest absolute Gasteiger partial charge is 0.497 e. The van der Waals surface area contributed by atoms with Crippen LogP contribution in [0.3, 0.4) is 0 Å². The molecule has 0 radical (unpaired) electrons. The summed E-state index contributed by atoms with van der Waals surface area (Å²) in [5, 5.41) is 0. The molecule has 4 aromatic rings. The molecule has 0 spiro atoms. The van der Waals surface area contributed by atoms with Gasteiger partial charge >= 0.3 is 0 Å². The molecule has 5 rings (SSSR count). The summed E-state index contributed by atoms with van der Waals surface area (Å²) in [6, 6.07) is 24.4. The fourth-order valence-electron chi connectivity index (χ4n) is 4.55. The van der Waals surface area contributed by atoms with Crippen molar-refractivity contribution < 1.29 is 4.74 Å². The molecule has 5 heteroatoms. The van der Waals surface area contributed by atoms with Crippen molar-refractivity contribution >= 4 is 11.3 Å². The van der Waals surface area contributed by atoms with Crippen molar-refractivity contribution in [2.45, 2.75) is 13.5 Å². The van der Waals surface area contributed by atoms with Crippen LogP contribution in [0.15, 0.2) is 83.8 Å². The third kappa shape index (κ3) is 4.50. The van der Waals surface area contributed by atoms with Crippen molar-refractivity contribution in [3.8, 4) is 16.9 Å². The Bertz CT molecular complexity index is 1300. The topological polar surface area (TPSA) is 37.2 Å². The average Bonchev–Trinajstić information content (AvgIpc) is 3.10. The number of fused-ring (bicyclic) bond motifs is 1. The van der Waals surface area contributed by atoms with Gasteiger partial charge in [0, 0.05) is 50.6 Å². The monoisotopic (exact) mass is 439 g/mol. The van der Waals surface area contributed by atoms with Crippen LogP contribution >= 0.6 is 0 Å². The van der Waals surface area contributed by atoms with E-state index in [9.17, 15) is 4.79 Å². The van der Waals surface area contributed by atoms with Crippen molar-refractivity contribution in [3.05, 3.63) is 100 Å². The van der Waals surface area contributed by atoms with Gasteiger partial charge in [0.05, 0.1) is 12.6 Å². The number of nitrogens with zero attached hydrogens (tertiary/aromatic N) is 3. The van der Waals surface area contributed by atoms with Crippen LogP contribution in [0.25, 0.3) is 16.6 Å². The molecule has 0 atom stereocenters. The molecule has 0 N–H and O–H groups in total. The van der Waals surface area contributed by atoms with Crippen LogP contribution in [0.2, 0.25) is 0 Å². The zero-order chi connectivity index (χ0) is 22.8. The lowest BCUT2D eigenvalue weighted by Gasteiger charge is -2.35. The molecule has 1 aliphatic heterocycles. The van der Waals surface area contributed by atoms with Gasteiger partial charge in [-0.3, -0.25) is 9.69 Å². The van der Waals surface area contributed by atoms with E-state index in [1.165, 1.54) is 11.1 Å². The molecular formula is C28H29N3O2. The van der Waals surface area contributed by atoms with Gasteiger partial charge in [0.15, 0.2) is 5.43 Å². The molecule has 168 valence electrons. The second kappa shape index (κ2) is 9.12. The van der Waals surface area contributed by atoms with Crippen LogP contribution in [-0.4, -0.2) is 42.6 Å². The first-order chi connectivity index (χ1) is 16.1. The van der Waals surface area contributed by atoms with Gasteiger partial charge in [-0.2, -0.15) is 0 Å². The third-order valence-electron chi connectivity index (χ3n) is 6.47. The second-order valence-electron chi connectivity index (χ2n) is 8.70. The van der Waals surface area contributed by atoms with Gasteiger partial charge in [-0.25, -0.2) is 0 Å². The number of aryl methyl sites for hydroxylation is 1. The molecule has 3 heterocycles. The maximum Gasteiger partial charge on any atom is 0.180 e. The number of hydrogen-bond acceptors (Lipinski definition) is 4. The van der Waals surface area contributed by atoms with Gasteiger partial charge in [0.1, 0.15) is 11.6 Å². The summed E-state index contributed by atoms with van der Waals surface area (Å²) in [6.07, 6.45) is 1.90. The zero-order valence-corrected chi connectivity index (χ0v) is 19.2. The summed E-state index contributed by atoms with van der Waals surface area (Å²) in [5.74, 6) is 1.96. The van der Waals surface area contributed by atoms with E-state index in [-0.39, 0.29) is 5.43 Å². The Balaban J connectivity index is 1.42. The lowest BCUT2D eigenvalue weighted by molar-refractivity contribution is 0.249. The summed E-state index contributed by atoms with van der Waals surface area (Å²) < 4.78 is 7.47. The molecule has 0 bridgehead atoms. The highest BCUT2D eigenvalue weighted by molar-refractivity contribution is 5.85. The molecule has 1 fully saturated rings. The van der Waals surface area contributed by atoms with E-state index in [0.717, 1.165) is 60.9 Å².